The summed E-state index contributed by atoms with van der Waals surface area (Å²) < 4.78 is 73.6. The highest BCUT2D eigenvalue weighted by atomic mass is 28.4. The van der Waals surface area contributed by atoms with Gasteiger partial charge in [0.1, 0.15) is 25.1 Å². The number of benzene rings is 1. The molecule has 1 aromatic carbocycles. The monoisotopic (exact) mass is 561 g/mol. The summed E-state index contributed by atoms with van der Waals surface area (Å²) in [6.07, 6.45) is -5.07. The number of alkyl halides is 3. The van der Waals surface area contributed by atoms with Gasteiger partial charge < -0.3 is 28.1 Å². The van der Waals surface area contributed by atoms with E-state index in [-0.39, 0.29) is 25.0 Å². The van der Waals surface area contributed by atoms with E-state index in [2.05, 4.69) is 33.9 Å². The third-order valence-electron chi connectivity index (χ3n) is 6.63. The normalized spacial score (nSPS) is 22.0. The average molecular weight is 562 g/mol. The predicted octanol–water partition coefficient (Wildman–Crippen LogP) is 6.59. The number of nitrogens with one attached hydrogen (secondary N) is 1. The lowest BCUT2D eigenvalue weighted by Crippen LogP contribution is -2.44. The molecule has 0 spiro atoms. The fourth-order valence-electron chi connectivity index (χ4n) is 3.36. The molecule has 0 aromatic heterocycles. The van der Waals surface area contributed by atoms with Crippen molar-refractivity contribution < 1.29 is 41.3 Å². The molecule has 0 unspecified atom stereocenters. The van der Waals surface area contributed by atoms with Crippen LogP contribution in [0, 0.1) is 5.41 Å². The molecular weight excluding hydrogens is 519 g/mol. The zero-order valence-corrected chi connectivity index (χ0v) is 24.6. The second-order valence-electron chi connectivity index (χ2n) is 11.3. The first-order chi connectivity index (χ1) is 17.4. The van der Waals surface area contributed by atoms with Crippen LogP contribution in [0.5, 0.6) is 0 Å². The lowest BCUT2D eigenvalue weighted by atomic mass is 10.1. The van der Waals surface area contributed by atoms with Crippen LogP contribution in [-0.4, -0.2) is 64.0 Å². The van der Waals surface area contributed by atoms with E-state index in [1.54, 1.807) is 26.8 Å². The second-order valence-corrected chi connectivity index (χ2v) is 16.1. The number of ether oxygens (including phenoxy) is 5. The van der Waals surface area contributed by atoms with E-state index in [4.69, 9.17) is 33.5 Å². The van der Waals surface area contributed by atoms with Gasteiger partial charge in [-0.1, -0.05) is 57.2 Å². The lowest BCUT2D eigenvalue weighted by molar-refractivity contribution is -0.145. The molecule has 11 heteroatoms. The molecule has 7 nitrogen and oxygen atoms in total. The molecule has 2 rings (SSSR count). The third-order valence-corrected chi connectivity index (χ3v) is 11.1. The molecule has 0 aliphatic carbocycles. The Morgan fingerprint density at radius 1 is 1.13 bits per heavy atom. The Hall–Kier alpha value is -1.76. The van der Waals surface area contributed by atoms with E-state index in [0.717, 1.165) is 5.56 Å². The van der Waals surface area contributed by atoms with Crippen LogP contribution in [-0.2, 0) is 34.7 Å². The Kier molecular flexibility index (Phi) is 11.2. The van der Waals surface area contributed by atoms with Crippen LogP contribution in [0.1, 0.15) is 47.1 Å². The Bertz CT molecular complexity index is 918. The molecule has 1 N–H and O–H groups in total. The number of rotatable bonds is 12. The predicted molar refractivity (Wildman–Crippen MR) is 141 cm³/mol. The minimum atomic E-state index is -4.93. The van der Waals surface area contributed by atoms with Gasteiger partial charge in [-0.3, -0.25) is 5.41 Å². The van der Waals surface area contributed by atoms with Crippen LogP contribution in [0.2, 0.25) is 18.1 Å². The van der Waals surface area contributed by atoms with Crippen molar-refractivity contribution in [2.75, 3.05) is 13.4 Å². The van der Waals surface area contributed by atoms with Gasteiger partial charge in [0, 0.05) is 0 Å². The van der Waals surface area contributed by atoms with Gasteiger partial charge in [-0.25, -0.2) is 0 Å². The SMILES string of the molecule is C[C@@H](OCOCc1ccccc1)[C@H](/C=C/[C@@H]1OC(C)(C)O[C@H]1CO[Si](C)(C)C(C)(C)C)OC(=N)C(F)(F)F. The first kappa shape index (κ1) is 32.4. The Morgan fingerprint density at radius 3 is 2.34 bits per heavy atom. The smallest absolute Gasteiger partial charge is 0.464 e. The van der Waals surface area contributed by atoms with Crippen LogP contribution in [0.15, 0.2) is 42.5 Å². The van der Waals surface area contributed by atoms with Crippen LogP contribution in [0.4, 0.5) is 13.2 Å². The highest BCUT2D eigenvalue weighted by molar-refractivity contribution is 6.74. The second kappa shape index (κ2) is 13.1. The van der Waals surface area contributed by atoms with Crippen molar-refractivity contribution in [3.63, 3.8) is 0 Å². The fraction of sp³-hybridized carbons (Fsp3) is 0.667. The van der Waals surface area contributed by atoms with E-state index in [0.29, 0.717) is 0 Å². The van der Waals surface area contributed by atoms with E-state index in [1.165, 1.54) is 6.08 Å². The van der Waals surface area contributed by atoms with Gasteiger partial charge >= 0.3 is 6.18 Å². The quantitative estimate of drug-likeness (QED) is 0.0775. The minimum absolute atomic E-state index is 0.000436. The van der Waals surface area contributed by atoms with Crippen molar-refractivity contribution in [2.24, 2.45) is 0 Å². The van der Waals surface area contributed by atoms with Crippen LogP contribution < -0.4 is 0 Å². The molecule has 4 atom stereocenters. The maximum Gasteiger partial charge on any atom is 0.467 e. The van der Waals surface area contributed by atoms with Gasteiger partial charge in [-0.15, -0.1) is 0 Å². The molecular formula is C27H42F3NO6Si. The van der Waals surface area contributed by atoms with Gasteiger partial charge in [0.05, 0.1) is 19.3 Å². The summed E-state index contributed by atoms with van der Waals surface area (Å²) in [5.41, 5.74) is 0.933. The zero-order valence-electron chi connectivity index (χ0n) is 23.6. The summed E-state index contributed by atoms with van der Waals surface area (Å²) >= 11 is 0. The first-order valence-corrected chi connectivity index (χ1v) is 15.6. The maximum absolute atomic E-state index is 13.1. The summed E-state index contributed by atoms with van der Waals surface area (Å²) in [6.45, 7) is 16.1. The third kappa shape index (κ3) is 10.1. The molecule has 0 bridgehead atoms. The van der Waals surface area contributed by atoms with Crippen LogP contribution in [0.25, 0.3) is 0 Å². The Balaban J connectivity index is 2.09. The highest BCUT2D eigenvalue weighted by Gasteiger charge is 2.44. The van der Waals surface area contributed by atoms with Gasteiger partial charge in [-0.2, -0.15) is 13.2 Å². The van der Waals surface area contributed by atoms with E-state index in [9.17, 15) is 13.2 Å². The standard InChI is InChI=1S/C27H42F3NO6Si/c1-19(33-18-32-16-20-12-10-9-11-13-20)21(35-24(31)27(28,29)30)14-15-22-23(37-26(5,6)36-22)17-34-38(7,8)25(2,3)4/h9-15,19,21-23,31H,16-18H2,1-8H3/b15-14+,31-24?/t19-,21+,22+,23+/m1/s1. The molecule has 1 saturated heterocycles. The molecule has 0 radical (unpaired) electrons. The molecule has 1 aromatic rings. The van der Waals surface area contributed by atoms with Gasteiger partial charge in [0.2, 0.25) is 0 Å². The largest absolute Gasteiger partial charge is 0.467 e. The molecule has 1 heterocycles. The van der Waals surface area contributed by atoms with Crippen molar-refractivity contribution in [2.45, 2.75) is 103 Å². The first-order valence-electron chi connectivity index (χ1n) is 12.6. The van der Waals surface area contributed by atoms with Gasteiger partial charge in [-0.05, 0) is 50.5 Å². The number of hydrogen-bond donors (Lipinski definition) is 1. The molecule has 0 saturated carbocycles. The highest BCUT2D eigenvalue weighted by Crippen LogP contribution is 2.38. The van der Waals surface area contributed by atoms with Crippen molar-refractivity contribution >= 4 is 14.2 Å². The number of halogens is 3. The summed E-state index contributed by atoms with van der Waals surface area (Å²) in [5.74, 6) is -2.71. The molecule has 1 aliphatic rings. The Morgan fingerprint density at radius 2 is 1.76 bits per heavy atom. The molecule has 38 heavy (non-hydrogen) atoms. The zero-order chi connectivity index (χ0) is 28.8. The molecule has 216 valence electrons. The Labute approximate surface area is 225 Å². The summed E-state index contributed by atoms with van der Waals surface area (Å²) in [7, 11) is -2.07. The summed E-state index contributed by atoms with van der Waals surface area (Å²) in [5, 5.41) is 7.33. The summed E-state index contributed by atoms with van der Waals surface area (Å²) in [6, 6.07) is 9.41. The fourth-order valence-corrected chi connectivity index (χ4v) is 4.37. The van der Waals surface area contributed by atoms with E-state index >= 15 is 0 Å². The lowest BCUT2D eigenvalue weighted by Gasteiger charge is -2.37. The molecule has 1 fully saturated rings. The summed E-state index contributed by atoms with van der Waals surface area (Å²) in [4.78, 5) is 0. The topological polar surface area (TPSA) is 79.2 Å². The van der Waals surface area contributed by atoms with Crippen LogP contribution in [0.3, 0.4) is 0 Å². The number of hydrogen-bond acceptors (Lipinski definition) is 7. The van der Waals surface area contributed by atoms with Gasteiger partial charge in [0.15, 0.2) is 14.1 Å². The van der Waals surface area contributed by atoms with Gasteiger partial charge in [0.25, 0.3) is 5.90 Å². The maximum atomic E-state index is 13.1. The van der Waals surface area contributed by atoms with E-state index < -0.39 is 50.6 Å². The molecule has 0 amide bonds. The van der Waals surface area contributed by atoms with Crippen molar-refractivity contribution in [1.29, 1.82) is 5.41 Å². The minimum Gasteiger partial charge on any atom is -0.464 e. The van der Waals surface area contributed by atoms with Crippen molar-refractivity contribution in [3.05, 3.63) is 48.0 Å². The van der Waals surface area contributed by atoms with Crippen molar-refractivity contribution in [1.82, 2.24) is 0 Å². The molecule has 1 aliphatic heterocycles. The van der Waals surface area contributed by atoms with Crippen molar-refractivity contribution in [3.8, 4) is 0 Å². The van der Waals surface area contributed by atoms with E-state index in [1.807, 2.05) is 30.3 Å². The van der Waals surface area contributed by atoms with Crippen LogP contribution >= 0.6 is 0 Å². The average Bonchev–Trinajstić information content (AvgIpc) is 3.10.